The van der Waals surface area contributed by atoms with Crippen LogP contribution in [-0.4, -0.2) is 97.5 Å². The van der Waals surface area contributed by atoms with Gasteiger partial charge < -0.3 is 34.3 Å². The molecule has 0 spiro atoms. The molecule has 0 aromatic heterocycles. The van der Waals surface area contributed by atoms with Crippen molar-refractivity contribution in [2.75, 3.05) is 26.4 Å². The van der Waals surface area contributed by atoms with Crippen LogP contribution in [0.1, 0.15) is 219 Å². The second-order valence-corrected chi connectivity index (χ2v) is 18.4. The number of unbranched alkanes of at least 4 members (excludes halogenated alkanes) is 27. The first-order chi connectivity index (χ1) is 30.1. The molecule has 4 N–H and O–H groups in total. The van der Waals surface area contributed by atoms with Crippen LogP contribution in [0.5, 0.6) is 0 Å². The predicted octanol–water partition coefficient (Wildman–Crippen LogP) is 11.2. The lowest BCUT2D eigenvalue weighted by atomic mass is 9.99. The minimum Gasteiger partial charge on any atom is -0.457 e. The zero-order chi connectivity index (χ0) is 45.4. The Balaban J connectivity index is 2.29. The molecule has 6 unspecified atom stereocenters. The fraction of sp³-hybridized carbons (Fsp3) is 0.898. The lowest BCUT2D eigenvalue weighted by Crippen LogP contribution is -2.60. The maximum Gasteiger partial charge on any atom is 0.397 e. The smallest absolute Gasteiger partial charge is 0.397 e. The molecular weight excluding hydrogens is 813 g/mol. The summed E-state index contributed by atoms with van der Waals surface area (Å²) in [6, 6.07) is 0. The van der Waals surface area contributed by atoms with E-state index in [1.165, 1.54) is 135 Å². The SMILES string of the molecule is CCCC/C=C\CCCCCCCC(=O)OC(COCCCCCCCCCCCCCC/C=C\CCCCCCCCCC)COC1OC(CO)C(O)C(OS(=O)(=O)O)C1O. The minimum atomic E-state index is -5.06. The van der Waals surface area contributed by atoms with Crippen molar-refractivity contribution >= 4 is 16.4 Å². The van der Waals surface area contributed by atoms with Crippen LogP contribution in [0.15, 0.2) is 24.3 Å². The minimum absolute atomic E-state index is 0.0351. The molecule has 1 saturated heterocycles. The van der Waals surface area contributed by atoms with E-state index in [0.29, 0.717) is 13.0 Å². The molecule has 1 rings (SSSR count). The zero-order valence-corrected chi connectivity index (χ0v) is 40.0. The van der Waals surface area contributed by atoms with Crippen LogP contribution < -0.4 is 0 Å². The van der Waals surface area contributed by atoms with Gasteiger partial charge in [0.2, 0.25) is 0 Å². The van der Waals surface area contributed by atoms with Crippen molar-refractivity contribution < 1.29 is 56.2 Å². The predicted molar refractivity (Wildman–Crippen MR) is 248 cm³/mol. The Morgan fingerprint density at radius 1 is 0.597 bits per heavy atom. The second-order valence-electron chi connectivity index (χ2n) is 17.4. The largest absolute Gasteiger partial charge is 0.457 e. The van der Waals surface area contributed by atoms with Crippen molar-refractivity contribution in [2.45, 2.75) is 256 Å². The molecule has 12 nitrogen and oxygen atoms in total. The number of allylic oxidation sites excluding steroid dienone is 4. The van der Waals surface area contributed by atoms with E-state index < -0.39 is 59.8 Å². The summed E-state index contributed by atoms with van der Waals surface area (Å²) in [5, 5.41) is 30.7. The third-order valence-corrected chi connectivity index (χ3v) is 12.0. The van der Waals surface area contributed by atoms with Crippen LogP contribution in [0.2, 0.25) is 0 Å². The van der Waals surface area contributed by atoms with Gasteiger partial charge >= 0.3 is 16.4 Å². The van der Waals surface area contributed by atoms with Crippen molar-refractivity contribution in [1.29, 1.82) is 0 Å². The highest BCUT2D eigenvalue weighted by molar-refractivity contribution is 7.80. The molecule has 0 aromatic carbocycles. The average Bonchev–Trinajstić information content (AvgIpc) is 3.24. The second kappa shape index (κ2) is 41.0. The van der Waals surface area contributed by atoms with Crippen molar-refractivity contribution in [1.82, 2.24) is 0 Å². The number of aliphatic hydroxyl groups excluding tert-OH is 3. The summed E-state index contributed by atoms with van der Waals surface area (Å²) in [5.74, 6) is -0.408. The fourth-order valence-electron chi connectivity index (χ4n) is 7.71. The number of esters is 1. The Morgan fingerprint density at radius 2 is 1.03 bits per heavy atom. The maximum absolute atomic E-state index is 12.8. The summed E-state index contributed by atoms with van der Waals surface area (Å²) in [5.41, 5.74) is 0. The van der Waals surface area contributed by atoms with Crippen LogP contribution in [0, 0.1) is 0 Å². The highest BCUT2D eigenvalue weighted by Gasteiger charge is 2.48. The molecule has 0 saturated carbocycles. The van der Waals surface area contributed by atoms with Gasteiger partial charge in [-0.3, -0.25) is 9.35 Å². The third-order valence-electron chi connectivity index (χ3n) is 11.5. The van der Waals surface area contributed by atoms with Crippen molar-refractivity contribution in [2.24, 2.45) is 0 Å². The fourth-order valence-corrected chi connectivity index (χ4v) is 8.22. The van der Waals surface area contributed by atoms with Crippen molar-refractivity contribution in [3.8, 4) is 0 Å². The van der Waals surface area contributed by atoms with E-state index in [-0.39, 0.29) is 19.6 Å². The standard InChI is InChI=1S/C49H92O12S/c1-3-5-7-9-11-13-15-16-17-18-19-20-21-22-23-24-25-26-27-29-31-33-35-37-39-57-41-43(59-45(51)38-36-34-32-30-28-14-12-10-8-6-4-2)42-58-49-47(53)48(61-62(54,55)56)46(52)44(40-50)60-49/h10,12,18-19,43-44,46-50,52-53H,3-9,11,13-17,20-42H2,1-2H3,(H,54,55,56)/b12-10-,19-18-. The number of carbonyl (C=O) groups excluding carboxylic acids is 1. The van der Waals surface area contributed by atoms with Gasteiger partial charge in [-0.1, -0.05) is 179 Å². The molecule has 1 aliphatic rings. The zero-order valence-electron chi connectivity index (χ0n) is 39.2. The molecule has 13 heteroatoms. The molecule has 0 bridgehead atoms. The first-order valence-corrected chi connectivity index (χ1v) is 26.5. The monoisotopic (exact) mass is 905 g/mol. The van der Waals surface area contributed by atoms with Gasteiger partial charge in [-0.25, -0.2) is 4.18 Å². The van der Waals surface area contributed by atoms with Gasteiger partial charge in [-0.2, -0.15) is 8.42 Å². The summed E-state index contributed by atoms with van der Waals surface area (Å²) in [6.45, 7) is 3.96. The maximum atomic E-state index is 12.8. The van der Waals surface area contributed by atoms with Crippen LogP contribution >= 0.6 is 0 Å². The van der Waals surface area contributed by atoms with E-state index in [9.17, 15) is 28.5 Å². The highest BCUT2D eigenvalue weighted by atomic mass is 32.3. The van der Waals surface area contributed by atoms with E-state index in [1.54, 1.807) is 0 Å². The molecule has 0 radical (unpaired) electrons. The Labute approximate surface area is 378 Å². The van der Waals surface area contributed by atoms with E-state index in [4.69, 9.17) is 23.5 Å². The Bertz CT molecular complexity index is 1180. The molecule has 0 aromatic rings. The lowest BCUT2D eigenvalue weighted by molar-refractivity contribution is -0.301. The number of carbonyl (C=O) groups is 1. The van der Waals surface area contributed by atoms with Crippen LogP contribution in [-0.2, 0) is 38.3 Å². The molecule has 62 heavy (non-hydrogen) atoms. The van der Waals surface area contributed by atoms with Crippen molar-refractivity contribution in [3.63, 3.8) is 0 Å². The normalized spacial score (nSPS) is 20.1. The molecular formula is C49H92O12S. The summed E-state index contributed by atoms with van der Waals surface area (Å²) in [7, 11) is -5.06. The number of hydrogen-bond acceptors (Lipinski definition) is 11. The molecule has 6 atom stereocenters. The van der Waals surface area contributed by atoms with E-state index >= 15 is 0 Å². The first-order valence-electron chi connectivity index (χ1n) is 25.1. The topological polar surface area (TPSA) is 178 Å². The number of aliphatic hydroxyl groups is 3. The van der Waals surface area contributed by atoms with Crippen LogP contribution in [0.25, 0.3) is 0 Å². The van der Waals surface area contributed by atoms with Gasteiger partial charge in [0.25, 0.3) is 0 Å². The molecule has 0 amide bonds. The van der Waals surface area contributed by atoms with Gasteiger partial charge in [-0.15, -0.1) is 0 Å². The summed E-state index contributed by atoms with van der Waals surface area (Å²) in [4.78, 5) is 12.8. The average molecular weight is 905 g/mol. The number of ether oxygens (including phenoxy) is 4. The van der Waals surface area contributed by atoms with E-state index in [0.717, 1.165) is 57.8 Å². The summed E-state index contributed by atoms with van der Waals surface area (Å²) >= 11 is 0. The third kappa shape index (κ3) is 34.0. The lowest BCUT2D eigenvalue weighted by Gasteiger charge is -2.41. The van der Waals surface area contributed by atoms with Gasteiger partial charge in [0, 0.05) is 13.0 Å². The number of rotatable bonds is 44. The molecule has 1 heterocycles. The van der Waals surface area contributed by atoms with Gasteiger partial charge in [0.1, 0.15) is 30.5 Å². The number of hydrogen-bond donors (Lipinski definition) is 4. The van der Waals surface area contributed by atoms with Gasteiger partial charge in [0.05, 0.1) is 19.8 Å². The molecule has 1 fully saturated rings. The first kappa shape index (κ1) is 58.6. The van der Waals surface area contributed by atoms with E-state index in [2.05, 4.69) is 42.3 Å². The summed E-state index contributed by atoms with van der Waals surface area (Å²) in [6.07, 6.45) is 38.0. The van der Waals surface area contributed by atoms with Gasteiger partial charge in [0.15, 0.2) is 6.29 Å². The molecule has 366 valence electrons. The van der Waals surface area contributed by atoms with Crippen molar-refractivity contribution in [3.05, 3.63) is 24.3 Å². The quantitative estimate of drug-likeness (QED) is 0.0197. The molecule has 0 aliphatic carbocycles. The van der Waals surface area contributed by atoms with Crippen LogP contribution in [0.4, 0.5) is 0 Å². The summed E-state index contributed by atoms with van der Waals surface area (Å²) < 4.78 is 59.1. The highest BCUT2D eigenvalue weighted by Crippen LogP contribution is 2.26. The van der Waals surface area contributed by atoms with Crippen LogP contribution in [0.3, 0.4) is 0 Å². The molecule has 1 aliphatic heterocycles. The van der Waals surface area contributed by atoms with Gasteiger partial charge in [-0.05, 0) is 57.8 Å². The Hall–Kier alpha value is -1.42. The Kier molecular flexibility index (Phi) is 38.8. The van der Waals surface area contributed by atoms with E-state index in [1.807, 2.05) is 0 Å². The Morgan fingerprint density at radius 3 is 1.50 bits per heavy atom.